The maximum Gasteiger partial charge on any atom is 0.322 e. The van der Waals surface area contributed by atoms with E-state index < -0.39 is 184 Å². The molecule has 0 aliphatic rings. The third-order valence-electron chi connectivity index (χ3n) is 6.96. The first-order valence-electron chi connectivity index (χ1n) is 16.9. The van der Waals surface area contributed by atoms with E-state index in [-0.39, 0.29) is 0 Å². The highest BCUT2D eigenvalue weighted by atomic mass is 16.4. The zero-order valence-corrected chi connectivity index (χ0v) is 31.3. The highest BCUT2D eigenvalue weighted by molar-refractivity contribution is 5.98. The van der Waals surface area contributed by atoms with E-state index in [9.17, 15) is 82.1 Å². The molecule has 0 aromatic rings. The van der Waals surface area contributed by atoms with E-state index in [4.69, 9.17) is 26.2 Å². The number of rotatable bonds is 29. The van der Waals surface area contributed by atoms with Gasteiger partial charge in [-0.15, -0.1) is 0 Å². The lowest BCUT2D eigenvalue weighted by atomic mass is 10.1. The second kappa shape index (κ2) is 26.8. The summed E-state index contributed by atoms with van der Waals surface area (Å²) in [5.74, 6) is -20.6. The van der Waals surface area contributed by atoms with Gasteiger partial charge in [-0.2, -0.15) is 0 Å². The normalized spacial score (nSPS) is 12.7. The molecule has 0 fully saturated rings. The molecule has 0 radical (unpaired) electrons. The quantitative estimate of drug-likeness (QED) is 0.0332. The molecule has 0 rings (SSSR count). The maximum atomic E-state index is 12.7. The molecular formula is C30H42N10O21. The Hall–Kier alpha value is -7.99. The highest BCUT2D eigenvalue weighted by Gasteiger charge is 2.30. The Morgan fingerprint density at radius 3 is 0.738 bits per heavy atom. The molecule has 5 atom stereocenters. The second-order valence-electron chi connectivity index (χ2n) is 12.1. The SMILES string of the molecule is N[C@@H](CC(=O)O)C(=O)NCC(=O)N[C@@H](CC(=O)O)C(=O)NCC(=O)N[C@@H](CC(=O)O)C(=O)NCC(=O)N[C@@H](CC(=O)O)C(=O)NCC(=O)N[C@@H](CC(=O)O)C(=O)NCC(=O)O. The Labute approximate surface area is 340 Å². The number of hydrogen-bond donors (Lipinski definition) is 16. The second-order valence-corrected chi connectivity index (χ2v) is 12.1. The molecule has 61 heavy (non-hydrogen) atoms. The molecule has 0 unspecified atom stereocenters. The molecule has 0 saturated heterocycles. The average molecular weight is 879 g/mol. The molecule has 0 aromatic heterocycles. The fraction of sp³-hybridized carbons (Fsp3) is 0.500. The molecule has 0 aliphatic carbocycles. The van der Waals surface area contributed by atoms with Crippen molar-refractivity contribution < 1.29 is 103 Å². The molecule has 0 saturated carbocycles. The topological polar surface area (TPSA) is 512 Å². The van der Waals surface area contributed by atoms with Crippen molar-refractivity contribution in [2.24, 2.45) is 5.73 Å². The van der Waals surface area contributed by atoms with Crippen LogP contribution in [0, 0.1) is 0 Å². The van der Waals surface area contributed by atoms with Crippen LogP contribution in [0.3, 0.4) is 0 Å². The zero-order valence-electron chi connectivity index (χ0n) is 31.3. The van der Waals surface area contributed by atoms with Gasteiger partial charge in [0.25, 0.3) is 0 Å². The van der Waals surface area contributed by atoms with Gasteiger partial charge < -0.3 is 84.2 Å². The van der Waals surface area contributed by atoms with Crippen molar-refractivity contribution in [3.8, 4) is 0 Å². The zero-order chi connectivity index (χ0) is 47.0. The van der Waals surface area contributed by atoms with Crippen LogP contribution in [0.25, 0.3) is 0 Å². The molecule has 0 aromatic carbocycles. The van der Waals surface area contributed by atoms with Gasteiger partial charge in [0.2, 0.25) is 53.2 Å². The summed E-state index contributed by atoms with van der Waals surface area (Å²) in [5, 5.41) is 71.0. The molecule has 0 spiro atoms. The van der Waals surface area contributed by atoms with Crippen LogP contribution in [0.15, 0.2) is 0 Å². The fourth-order valence-corrected chi connectivity index (χ4v) is 4.25. The van der Waals surface area contributed by atoms with Gasteiger partial charge in [-0.25, -0.2) is 0 Å². The van der Waals surface area contributed by atoms with Gasteiger partial charge in [-0.05, 0) is 0 Å². The third-order valence-corrected chi connectivity index (χ3v) is 6.96. The lowest BCUT2D eigenvalue weighted by molar-refractivity contribution is -0.142. The highest BCUT2D eigenvalue weighted by Crippen LogP contribution is 1.98. The number of hydrogen-bond acceptors (Lipinski definition) is 16. The van der Waals surface area contributed by atoms with Gasteiger partial charge >= 0.3 is 35.8 Å². The Morgan fingerprint density at radius 1 is 0.311 bits per heavy atom. The fourth-order valence-electron chi connectivity index (χ4n) is 4.25. The van der Waals surface area contributed by atoms with Crippen molar-refractivity contribution in [1.29, 1.82) is 0 Å². The Bertz CT molecular complexity index is 1750. The number of carbonyl (C=O) groups excluding carboxylic acids is 9. The van der Waals surface area contributed by atoms with Gasteiger partial charge in [0.1, 0.15) is 30.7 Å². The van der Waals surface area contributed by atoms with E-state index in [0.29, 0.717) is 0 Å². The summed E-state index contributed by atoms with van der Waals surface area (Å²) in [4.78, 5) is 178. The Morgan fingerprint density at radius 2 is 0.525 bits per heavy atom. The van der Waals surface area contributed by atoms with Gasteiger partial charge in [0, 0.05) is 0 Å². The van der Waals surface area contributed by atoms with E-state index in [2.05, 4.69) is 0 Å². The third kappa shape index (κ3) is 24.4. The molecule has 31 heteroatoms. The summed E-state index contributed by atoms with van der Waals surface area (Å²) < 4.78 is 0. The van der Waals surface area contributed by atoms with Gasteiger partial charge in [0.15, 0.2) is 0 Å². The first-order valence-corrected chi connectivity index (χ1v) is 16.9. The van der Waals surface area contributed by atoms with Gasteiger partial charge in [0.05, 0.1) is 64.3 Å². The van der Waals surface area contributed by atoms with Crippen LogP contribution in [-0.4, -0.2) is 183 Å². The summed E-state index contributed by atoms with van der Waals surface area (Å²) in [6.45, 7) is -4.98. The molecule has 0 heterocycles. The van der Waals surface area contributed by atoms with Crippen molar-refractivity contribution in [3.63, 3.8) is 0 Å². The van der Waals surface area contributed by atoms with Crippen molar-refractivity contribution in [2.75, 3.05) is 32.7 Å². The van der Waals surface area contributed by atoms with E-state index >= 15 is 0 Å². The monoisotopic (exact) mass is 878 g/mol. The minimum atomic E-state index is -1.96. The molecular weight excluding hydrogens is 836 g/mol. The Kier molecular flexibility index (Phi) is 23.3. The molecule has 31 nitrogen and oxygen atoms in total. The van der Waals surface area contributed by atoms with Crippen LogP contribution in [-0.2, 0) is 71.9 Å². The van der Waals surface area contributed by atoms with Crippen molar-refractivity contribution in [2.45, 2.75) is 62.3 Å². The number of carbonyl (C=O) groups is 15. The van der Waals surface area contributed by atoms with E-state index in [0.717, 1.165) is 0 Å². The lowest BCUT2D eigenvalue weighted by Crippen LogP contribution is -2.55. The van der Waals surface area contributed by atoms with Crippen LogP contribution in [0.1, 0.15) is 32.1 Å². The summed E-state index contributed by atoms with van der Waals surface area (Å²) in [5.41, 5.74) is 5.34. The molecule has 0 aliphatic heterocycles. The number of nitrogens with one attached hydrogen (secondary N) is 9. The standard InChI is InChI=1S/C30H42N10O21/c31-11(1-20(45)46)26(57)32-6-16(41)37-12(2-21(47)48)27(58)33-7-17(42)38-13(3-22(49)50)28(59)34-8-18(43)39-14(4-23(51)52)29(60)35-9-19(44)40-15(5-24(53)54)30(61)36-10-25(55)56/h11-15H,1-10,31H2,(H,32,57)(H,33,58)(H,34,59)(H,35,60)(H,36,61)(H,37,41)(H,38,42)(H,39,43)(H,40,44)(H,45,46)(H,47,48)(H,49,50)(H,51,52)(H,53,54)(H,55,56)/t11-,12-,13-,14-,15-/m0/s1. The molecule has 0 bridgehead atoms. The predicted molar refractivity (Wildman–Crippen MR) is 190 cm³/mol. The van der Waals surface area contributed by atoms with Crippen LogP contribution < -0.4 is 53.6 Å². The number of aliphatic carboxylic acids is 6. The van der Waals surface area contributed by atoms with Crippen LogP contribution in [0.2, 0.25) is 0 Å². The molecule has 17 N–H and O–H groups in total. The smallest absolute Gasteiger partial charge is 0.322 e. The van der Waals surface area contributed by atoms with Gasteiger partial charge in [-0.1, -0.05) is 0 Å². The summed E-state index contributed by atoms with van der Waals surface area (Å²) in [6.07, 6.45) is -5.12. The largest absolute Gasteiger partial charge is 0.481 e. The average Bonchev–Trinajstić information content (AvgIpc) is 3.13. The molecule has 9 amide bonds. The first kappa shape index (κ1) is 53.0. The van der Waals surface area contributed by atoms with E-state index in [1.807, 2.05) is 47.9 Å². The number of carboxylic acid groups (broad SMARTS) is 6. The minimum absolute atomic E-state index is 0.793. The van der Waals surface area contributed by atoms with E-state index in [1.54, 1.807) is 0 Å². The number of amides is 9. The van der Waals surface area contributed by atoms with Crippen LogP contribution in [0.4, 0.5) is 0 Å². The summed E-state index contributed by atoms with van der Waals surface area (Å²) in [6, 6.07) is -9.14. The Balaban J connectivity index is 5.40. The van der Waals surface area contributed by atoms with Crippen molar-refractivity contribution in [1.82, 2.24) is 47.9 Å². The molecule has 338 valence electrons. The van der Waals surface area contributed by atoms with Crippen LogP contribution in [0.5, 0.6) is 0 Å². The lowest BCUT2D eigenvalue weighted by Gasteiger charge is -2.20. The summed E-state index contributed by atoms with van der Waals surface area (Å²) in [7, 11) is 0. The van der Waals surface area contributed by atoms with E-state index in [1.165, 1.54) is 0 Å². The minimum Gasteiger partial charge on any atom is -0.481 e. The number of carboxylic acids is 6. The van der Waals surface area contributed by atoms with Gasteiger partial charge in [-0.3, -0.25) is 71.9 Å². The first-order chi connectivity index (χ1) is 28.3. The van der Waals surface area contributed by atoms with Crippen molar-refractivity contribution in [3.05, 3.63) is 0 Å². The maximum absolute atomic E-state index is 12.7. The van der Waals surface area contributed by atoms with Crippen molar-refractivity contribution >= 4 is 89.0 Å². The predicted octanol–water partition coefficient (Wildman–Crippen LogP) is -9.71. The number of nitrogens with two attached hydrogens (primary N) is 1. The summed E-state index contributed by atoms with van der Waals surface area (Å²) >= 11 is 0. The van der Waals surface area contributed by atoms with Crippen LogP contribution >= 0.6 is 0 Å².